The minimum Gasteiger partial charge on any atom is -0.374 e. The molecule has 2 aliphatic rings. The van der Waals surface area contributed by atoms with Crippen LogP contribution in [0.5, 0.6) is 0 Å². The molecule has 2 aliphatic carbocycles. The van der Waals surface area contributed by atoms with Crippen LogP contribution in [0.3, 0.4) is 0 Å². The summed E-state index contributed by atoms with van der Waals surface area (Å²) < 4.78 is 7.33. The van der Waals surface area contributed by atoms with Gasteiger partial charge in [0.05, 0.1) is 12.2 Å². The molecule has 0 radical (unpaired) electrons. The van der Waals surface area contributed by atoms with Crippen molar-refractivity contribution in [3.8, 4) is 0 Å². The summed E-state index contributed by atoms with van der Waals surface area (Å²) in [5, 5.41) is 0. The molecule has 2 rings (SSSR count). The lowest BCUT2D eigenvalue weighted by molar-refractivity contribution is -0.0864. The van der Waals surface area contributed by atoms with Crippen molar-refractivity contribution < 1.29 is 4.74 Å². The molecule has 5 atom stereocenters. The highest BCUT2D eigenvalue weighted by Gasteiger charge is 2.35. The first-order valence-electron chi connectivity index (χ1n) is 7.87. The minimum absolute atomic E-state index is 0.536. The summed E-state index contributed by atoms with van der Waals surface area (Å²) in [6, 6.07) is 0. The van der Waals surface area contributed by atoms with E-state index in [1.165, 1.54) is 44.9 Å². The molecule has 0 spiro atoms. The van der Waals surface area contributed by atoms with Crippen LogP contribution in [0, 0.1) is 17.8 Å². The summed E-state index contributed by atoms with van der Waals surface area (Å²) in [5.41, 5.74) is 0. The van der Waals surface area contributed by atoms with Gasteiger partial charge >= 0.3 is 0 Å². The number of alkyl halides is 1. The molecule has 1 nitrogen and oxygen atoms in total. The highest BCUT2D eigenvalue weighted by Crippen LogP contribution is 2.38. The maximum atomic E-state index is 6.58. The Labute approximate surface area is 127 Å². The fourth-order valence-corrected chi connectivity index (χ4v) is 4.67. The molecule has 0 aromatic heterocycles. The van der Waals surface area contributed by atoms with Crippen LogP contribution < -0.4 is 0 Å². The first-order valence-corrected chi connectivity index (χ1v) is 9.12. The van der Waals surface area contributed by atoms with Gasteiger partial charge < -0.3 is 4.74 Å². The van der Waals surface area contributed by atoms with Gasteiger partial charge in [0.25, 0.3) is 0 Å². The third-order valence-corrected chi connectivity index (χ3v) is 6.36. The van der Waals surface area contributed by atoms with Crippen LogP contribution >= 0.6 is 22.6 Å². The average Bonchev–Trinajstić information content (AvgIpc) is 2.32. The molecule has 2 heteroatoms. The average molecular weight is 364 g/mol. The smallest absolute Gasteiger partial charge is 0.0696 e. The van der Waals surface area contributed by atoms with Crippen molar-refractivity contribution in [3.63, 3.8) is 0 Å². The Bertz CT molecular complexity index is 253. The van der Waals surface area contributed by atoms with Gasteiger partial charge in [-0.2, -0.15) is 0 Å². The van der Waals surface area contributed by atoms with E-state index in [4.69, 9.17) is 4.74 Å². The van der Waals surface area contributed by atoms with Gasteiger partial charge in [0.15, 0.2) is 0 Å². The van der Waals surface area contributed by atoms with Crippen molar-refractivity contribution in [2.45, 2.75) is 81.8 Å². The van der Waals surface area contributed by atoms with Crippen molar-refractivity contribution in [1.29, 1.82) is 0 Å². The maximum absolute atomic E-state index is 6.58. The number of hydrogen-bond donors (Lipinski definition) is 0. The SMILES string of the molecule is CC1CCC(C(C)C)C(OC2CCCCC2I)C1. The second kappa shape index (κ2) is 6.92. The third-order valence-electron chi connectivity index (χ3n) is 4.93. The van der Waals surface area contributed by atoms with Crippen LogP contribution in [0.1, 0.15) is 65.7 Å². The van der Waals surface area contributed by atoms with Crippen molar-refractivity contribution in [2.75, 3.05) is 0 Å². The van der Waals surface area contributed by atoms with Crippen molar-refractivity contribution in [1.82, 2.24) is 0 Å². The second-order valence-electron chi connectivity index (χ2n) is 6.84. The number of halogens is 1. The van der Waals surface area contributed by atoms with Gasteiger partial charge in [0, 0.05) is 3.92 Å². The number of hydrogen-bond acceptors (Lipinski definition) is 1. The summed E-state index contributed by atoms with van der Waals surface area (Å²) >= 11 is 2.62. The molecule has 2 fully saturated rings. The summed E-state index contributed by atoms with van der Waals surface area (Å²) in [4.78, 5) is 0. The van der Waals surface area contributed by atoms with Gasteiger partial charge in [-0.25, -0.2) is 0 Å². The molecule has 5 unspecified atom stereocenters. The molecule has 18 heavy (non-hydrogen) atoms. The molecule has 0 aromatic rings. The van der Waals surface area contributed by atoms with Crippen LogP contribution in [0.25, 0.3) is 0 Å². The van der Waals surface area contributed by atoms with Gasteiger partial charge in [0.2, 0.25) is 0 Å². The molecule has 2 saturated carbocycles. The topological polar surface area (TPSA) is 9.23 Å². The lowest BCUT2D eigenvalue weighted by atomic mass is 9.75. The number of ether oxygens (including phenoxy) is 1. The molecule has 0 aromatic carbocycles. The van der Waals surface area contributed by atoms with Crippen molar-refractivity contribution in [2.24, 2.45) is 17.8 Å². The predicted octanol–water partition coefficient (Wildman–Crippen LogP) is 5.21. The van der Waals surface area contributed by atoms with Crippen LogP contribution in [0.4, 0.5) is 0 Å². The predicted molar refractivity (Wildman–Crippen MR) is 86.3 cm³/mol. The fraction of sp³-hybridized carbons (Fsp3) is 1.00. The second-order valence-corrected chi connectivity index (χ2v) is 8.44. The zero-order chi connectivity index (χ0) is 13.1. The highest BCUT2D eigenvalue weighted by molar-refractivity contribution is 14.1. The zero-order valence-corrected chi connectivity index (χ0v) is 14.4. The van der Waals surface area contributed by atoms with Crippen LogP contribution in [-0.2, 0) is 4.74 Å². The van der Waals surface area contributed by atoms with E-state index in [0.717, 1.165) is 21.7 Å². The Morgan fingerprint density at radius 2 is 1.72 bits per heavy atom. The van der Waals surface area contributed by atoms with E-state index >= 15 is 0 Å². The molecular formula is C16H29IO. The van der Waals surface area contributed by atoms with Gasteiger partial charge in [0.1, 0.15) is 0 Å². The van der Waals surface area contributed by atoms with E-state index in [-0.39, 0.29) is 0 Å². The summed E-state index contributed by atoms with van der Waals surface area (Å²) in [7, 11) is 0. The lowest BCUT2D eigenvalue weighted by Crippen LogP contribution is -2.40. The van der Waals surface area contributed by atoms with E-state index in [0.29, 0.717) is 12.2 Å². The van der Waals surface area contributed by atoms with Crippen LogP contribution in [-0.4, -0.2) is 16.1 Å². The van der Waals surface area contributed by atoms with Gasteiger partial charge in [-0.05, 0) is 43.4 Å². The molecule has 106 valence electrons. The Morgan fingerprint density at radius 3 is 2.39 bits per heavy atom. The molecule has 0 bridgehead atoms. The molecular weight excluding hydrogens is 335 g/mol. The first kappa shape index (κ1) is 15.1. The van der Waals surface area contributed by atoms with Crippen molar-refractivity contribution in [3.05, 3.63) is 0 Å². The van der Waals surface area contributed by atoms with E-state index in [2.05, 4.69) is 43.4 Å². The van der Waals surface area contributed by atoms with Crippen molar-refractivity contribution >= 4 is 22.6 Å². The molecule has 0 amide bonds. The van der Waals surface area contributed by atoms with E-state index in [1.54, 1.807) is 0 Å². The monoisotopic (exact) mass is 364 g/mol. The standard InChI is InChI=1S/C16H29IO/c1-11(2)13-9-8-12(3)10-16(13)18-15-7-5-4-6-14(15)17/h11-16H,4-10H2,1-3H3. The highest BCUT2D eigenvalue weighted by atomic mass is 127. The molecule has 0 N–H and O–H groups in total. The number of rotatable bonds is 3. The summed E-state index contributed by atoms with van der Waals surface area (Å²) in [6.45, 7) is 7.15. The molecule has 0 saturated heterocycles. The molecule has 0 heterocycles. The van der Waals surface area contributed by atoms with Crippen LogP contribution in [0.2, 0.25) is 0 Å². The quantitative estimate of drug-likeness (QED) is 0.493. The van der Waals surface area contributed by atoms with Gasteiger partial charge in [-0.1, -0.05) is 62.6 Å². The summed E-state index contributed by atoms with van der Waals surface area (Å²) in [6.07, 6.45) is 10.6. The summed E-state index contributed by atoms with van der Waals surface area (Å²) in [5.74, 6) is 2.44. The van der Waals surface area contributed by atoms with Gasteiger partial charge in [-0.15, -0.1) is 0 Å². The van der Waals surface area contributed by atoms with E-state index < -0.39 is 0 Å². The largest absolute Gasteiger partial charge is 0.374 e. The van der Waals surface area contributed by atoms with E-state index in [1.807, 2.05) is 0 Å². The Hall–Kier alpha value is 0.690. The maximum Gasteiger partial charge on any atom is 0.0696 e. The Morgan fingerprint density at radius 1 is 1.00 bits per heavy atom. The van der Waals surface area contributed by atoms with E-state index in [9.17, 15) is 0 Å². The normalized spacial score (nSPS) is 42.2. The lowest BCUT2D eigenvalue weighted by Gasteiger charge is -2.41. The van der Waals surface area contributed by atoms with Crippen LogP contribution in [0.15, 0.2) is 0 Å². The van der Waals surface area contributed by atoms with Gasteiger partial charge in [-0.3, -0.25) is 0 Å². The first-order chi connectivity index (χ1) is 8.58. The Kier molecular flexibility index (Phi) is 5.80. The zero-order valence-electron chi connectivity index (χ0n) is 12.2. The third kappa shape index (κ3) is 3.84. The minimum atomic E-state index is 0.536. The molecule has 0 aliphatic heterocycles. The Balaban J connectivity index is 1.95. The fourth-order valence-electron chi connectivity index (χ4n) is 3.70.